The van der Waals surface area contributed by atoms with Crippen molar-refractivity contribution in [2.75, 3.05) is 18.0 Å². The Labute approximate surface area is 109 Å². The maximum atomic E-state index is 5.83. The predicted molar refractivity (Wildman–Crippen MR) is 76.5 cm³/mol. The lowest BCUT2D eigenvalue weighted by molar-refractivity contribution is 0.482. The van der Waals surface area contributed by atoms with Gasteiger partial charge < -0.3 is 9.64 Å². The molecule has 2 nitrogen and oxygen atoms in total. The third kappa shape index (κ3) is 3.04. The number of hydrogen-bond acceptors (Lipinski definition) is 2. The molecule has 0 saturated carbocycles. The normalized spacial score (nSPS) is 10.1. The number of nitrogens with zero attached hydrogens (tertiary/aromatic N) is 1. The molecule has 0 amide bonds. The molecule has 0 spiro atoms. The second kappa shape index (κ2) is 6.10. The zero-order valence-corrected chi connectivity index (χ0v) is 11.0. The average molecular weight is 241 g/mol. The van der Waals surface area contributed by atoms with Gasteiger partial charge in [0.05, 0.1) is 0 Å². The number of hydrogen-bond donors (Lipinski definition) is 0. The van der Waals surface area contributed by atoms with Crippen LogP contribution in [-0.2, 0) is 0 Å². The second-order valence-electron chi connectivity index (χ2n) is 4.08. The van der Waals surface area contributed by atoms with Crippen LogP contribution >= 0.6 is 0 Å². The zero-order valence-electron chi connectivity index (χ0n) is 11.0. The Balaban J connectivity index is 2.17. The number of benzene rings is 2. The molecule has 0 N–H and O–H groups in total. The smallest absolute Gasteiger partial charge is 0.129 e. The van der Waals surface area contributed by atoms with Crippen LogP contribution in [0.15, 0.2) is 54.6 Å². The van der Waals surface area contributed by atoms with Crippen LogP contribution in [0.1, 0.15) is 13.8 Å². The first-order valence-corrected chi connectivity index (χ1v) is 6.41. The molecular formula is C16H19NO. The number of para-hydroxylation sites is 1. The van der Waals surface area contributed by atoms with Gasteiger partial charge in [0, 0.05) is 24.8 Å². The van der Waals surface area contributed by atoms with Crippen LogP contribution in [0.3, 0.4) is 0 Å². The van der Waals surface area contributed by atoms with Crippen LogP contribution in [0.25, 0.3) is 0 Å². The highest BCUT2D eigenvalue weighted by atomic mass is 16.5. The molecule has 0 aliphatic carbocycles. The fraction of sp³-hybridized carbons (Fsp3) is 0.250. The van der Waals surface area contributed by atoms with Gasteiger partial charge >= 0.3 is 0 Å². The molecule has 0 aromatic heterocycles. The standard InChI is InChI=1S/C16H19NO/c1-3-17(4-2)14-9-8-12-16(13-14)18-15-10-6-5-7-11-15/h5-13H,3-4H2,1-2H3. The largest absolute Gasteiger partial charge is 0.457 e. The van der Waals surface area contributed by atoms with Crippen LogP contribution < -0.4 is 9.64 Å². The fourth-order valence-corrected chi connectivity index (χ4v) is 1.96. The molecule has 0 atom stereocenters. The van der Waals surface area contributed by atoms with Gasteiger partial charge in [0.25, 0.3) is 0 Å². The Bertz CT molecular complexity index is 477. The molecule has 0 aliphatic heterocycles. The van der Waals surface area contributed by atoms with Crippen molar-refractivity contribution in [2.45, 2.75) is 13.8 Å². The summed E-state index contributed by atoms with van der Waals surface area (Å²) in [6.07, 6.45) is 0. The van der Waals surface area contributed by atoms with Gasteiger partial charge in [-0.1, -0.05) is 24.3 Å². The van der Waals surface area contributed by atoms with Crippen LogP contribution in [0.2, 0.25) is 0 Å². The molecule has 0 fully saturated rings. The van der Waals surface area contributed by atoms with E-state index in [4.69, 9.17) is 4.74 Å². The molecule has 2 aromatic rings. The number of ether oxygens (including phenoxy) is 1. The summed E-state index contributed by atoms with van der Waals surface area (Å²) < 4.78 is 5.83. The van der Waals surface area contributed by atoms with Gasteiger partial charge in [-0.25, -0.2) is 0 Å². The second-order valence-corrected chi connectivity index (χ2v) is 4.08. The molecule has 18 heavy (non-hydrogen) atoms. The molecule has 0 saturated heterocycles. The summed E-state index contributed by atoms with van der Waals surface area (Å²) in [7, 11) is 0. The van der Waals surface area contributed by atoms with Crippen molar-refractivity contribution < 1.29 is 4.74 Å². The van der Waals surface area contributed by atoms with Gasteiger partial charge in [0.15, 0.2) is 0 Å². The molecule has 94 valence electrons. The molecule has 0 heterocycles. The fourth-order valence-electron chi connectivity index (χ4n) is 1.96. The third-order valence-corrected chi connectivity index (χ3v) is 2.93. The van der Waals surface area contributed by atoms with Gasteiger partial charge in [0.2, 0.25) is 0 Å². The third-order valence-electron chi connectivity index (χ3n) is 2.93. The van der Waals surface area contributed by atoms with Gasteiger partial charge in [0.1, 0.15) is 11.5 Å². The van der Waals surface area contributed by atoms with E-state index in [9.17, 15) is 0 Å². The van der Waals surface area contributed by atoms with E-state index < -0.39 is 0 Å². The maximum absolute atomic E-state index is 5.83. The van der Waals surface area contributed by atoms with E-state index in [1.54, 1.807) is 0 Å². The van der Waals surface area contributed by atoms with Crippen molar-refractivity contribution in [3.05, 3.63) is 54.6 Å². The molecule has 0 bridgehead atoms. The summed E-state index contributed by atoms with van der Waals surface area (Å²) in [6, 6.07) is 18.1. The highest BCUT2D eigenvalue weighted by Gasteiger charge is 2.03. The quantitative estimate of drug-likeness (QED) is 0.772. The lowest BCUT2D eigenvalue weighted by Gasteiger charge is -2.21. The number of rotatable bonds is 5. The van der Waals surface area contributed by atoms with Gasteiger partial charge in [-0.15, -0.1) is 0 Å². The Hall–Kier alpha value is -1.96. The highest BCUT2D eigenvalue weighted by Crippen LogP contribution is 2.25. The molecule has 2 heteroatoms. The topological polar surface area (TPSA) is 12.5 Å². The Morgan fingerprint density at radius 1 is 0.833 bits per heavy atom. The molecule has 0 aliphatic rings. The lowest BCUT2D eigenvalue weighted by atomic mass is 10.2. The summed E-state index contributed by atoms with van der Waals surface area (Å²) in [5, 5.41) is 0. The Kier molecular flexibility index (Phi) is 4.24. The lowest BCUT2D eigenvalue weighted by Crippen LogP contribution is -2.21. The van der Waals surface area contributed by atoms with Gasteiger partial charge in [-0.3, -0.25) is 0 Å². The van der Waals surface area contributed by atoms with E-state index in [0.717, 1.165) is 24.6 Å². The van der Waals surface area contributed by atoms with E-state index >= 15 is 0 Å². The summed E-state index contributed by atoms with van der Waals surface area (Å²) in [5.41, 5.74) is 1.20. The number of anilines is 1. The van der Waals surface area contributed by atoms with Gasteiger partial charge in [-0.2, -0.15) is 0 Å². The first kappa shape index (κ1) is 12.5. The predicted octanol–water partition coefficient (Wildman–Crippen LogP) is 4.33. The minimum absolute atomic E-state index is 0.870. The van der Waals surface area contributed by atoms with Crippen molar-refractivity contribution in [1.29, 1.82) is 0 Å². The van der Waals surface area contributed by atoms with Crippen LogP contribution in [0.4, 0.5) is 5.69 Å². The van der Waals surface area contributed by atoms with Crippen molar-refractivity contribution >= 4 is 5.69 Å². The SMILES string of the molecule is CCN(CC)c1cccc(Oc2ccccc2)c1. The molecule has 0 unspecified atom stereocenters. The van der Waals surface area contributed by atoms with Crippen molar-refractivity contribution in [2.24, 2.45) is 0 Å². The summed E-state index contributed by atoms with van der Waals surface area (Å²) in [4.78, 5) is 2.30. The maximum Gasteiger partial charge on any atom is 0.129 e. The van der Waals surface area contributed by atoms with E-state index in [0.29, 0.717) is 0 Å². The summed E-state index contributed by atoms with van der Waals surface area (Å²) in [5.74, 6) is 1.75. The zero-order chi connectivity index (χ0) is 12.8. The minimum atomic E-state index is 0.870. The Morgan fingerprint density at radius 2 is 1.50 bits per heavy atom. The molecule has 0 radical (unpaired) electrons. The van der Waals surface area contributed by atoms with E-state index in [1.165, 1.54) is 5.69 Å². The first-order valence-electron chi connectivity index (χ1n) is 6.41. The highest BCUT2D eigenvalue weighted by molar-refractivity contribution is 5.51. The monoisotopic (exact) mass is 241 g/mol. The van der Waals surface area contributed by atoms with Crippen molar-refractivity contribution in [1.82, 2.24) is 0 Å². The van der Waals surface area contributed by atoms with E-state index in [-0.39, 0.29) is 0 Å². The van der Waals surface area contributed by atoms with Gasteiger partial charge in [-0.05, 0) is 38.1 Å². The van der Waals surface area contributed by atoms with Crippen LogP contribution in [-0.4, -0.2) is 13.1 Å². The summed E-state index contributed by atoms with van der Waals surface area (Å²) in [6.45, 7) is 6.33. The van der Waals surface area contributed by atoms with Crippen molar-refractivity contribution in [3.8, 4) is 11.5 Å². The summed E-state index contributed by atoms with van der Waals surface area (Å²) >= 11 is 0. The Morgan fingerprint density at radius 3 is 2.17 bits per heavy atom. The first-order chi connectivity index (χ1) is 8.83. The molecule has 2 rings (SSSR count). The minimum Gasteiger partial charge on any atom is -0.457 e. The van der Waals surface area contributed by atoms with Crippen molar-refractivity contribution in [3.63, 3.8) is 0 Å². The van der Waals surface area contributed by atoms with E-state index in [2.05, 4.69) is 30.9 Å². The van der Waals surface area contributed by atoms with Crippen LogP contribution in [0.5, 0.6) is 11.5 Å². The molecular weight excluding hydrogens is 222 g/mol. The van der Waals surface area contributed by atoms with Crippen LogP contribution in [0, 0.1) is 0 Å². The average Bonchev–Trinajstić information content (AvgIpc) is 2.42. The van der Waals surface area contributed by atoms with E-state index in [1.807, 2.05) is 42.5 Å². The molecule has 2 aromatic carbocycles.